The SMILES string of the molecule is [2H]C1c2cnc(-c3c(OC)ncnc3C3CC3)nc2N(Cc2ccc(-c3nc(C(F)(F)F)cn3C)cc2)CC2CCCN21. The lowest BCUT2D eigenvalue weighted by atomic mass is 10.1. The number of hydrogen-bond donors (Lipinski definition) is 0. The number of anilines is 1. The van der Waals surface area contributed by atoms with Crippen molar-refractivity contribution in [1.29, 1.82) is 0 Å². The van der Waals surface area contributed by atoms with Crippen LogP contribution >= 0.6 is 0 Å². The lowest BCUT2D eigenvalue weighted by Crippen LogP contribution is -2.37. The lowest BCUT2D eigenvalue weighted by Gasteiger charge is -2.27. The maximum absolute atomic E-state index is 13.2. The third kappa shape index (κ3) is 4.97. The van der Waals surface area contributed by atoms with E-state index in [1.54, 1.807) is 32.5 Å². The Morgan fingerprint density at radius 3 is 2.60 bits per heavy atom. The molecule has 7 rings (SSSR count). The third-order valence-corrected chi connectivity index (χ3v) is 8.23. The molecule has 3 aromatic heterocycles. The maximum Gasteiger partial charge on any atom is 0.434 e. The fourth-order valence-corrected chi connectivity index (χ4v) is 5.99. The van der Waals surface area contributed by atoms with Crippen LogP contribution in [0.1, 0.15) is 55.5 Å². The van der Waals surface area contributed by atoms with E-state index in [1.807, 2.05) is 12.1 Å². The first-order chi connectivity index (χ1) is 20.7. The lowest BCUT2D eigenvalue weighted by molar-refractivity contribution is -0.140. The van der Waals surface area contributed by atoms with Gasteiger partial charge in [0.25, 0.3) is 0 Å². The molecule has 0 bridgehead atoms. The highest BCUT2D eigenvalue weighted by Crippen LogP contribution is 2.45. The fraction of sp³-hybridized carbons (Fsp3) is 0.433. The number of alkyl halides is 3. The van der Waals surface area contributed by atoms with Crippen molar-refractivity contribution in [3.63, 3.8) is 0 Å². The Balaban J connectivity index is 1.25. The highest BCUT2D eigenvalue weighted by Gasteiger charge is 2.36. The topological polar surface area (TPSA) is 85.1 Å². The van der Waals surface area contributed by atoms with Gasteiger partial charge in [-0.25, -0.2) is 24.9 Å². The molecule has 5 heterocycles. The Morgan fingerprint density at radius 1 is 1.07 bits per heavy atom. The number of nitrogens with zero attached hydrogens (tertiary/aromatic N) is 8. The first-order valence-electron chi connectivity index (χ1n) is 14.7. The number of ether oxygens (including phenoxy) is 1. The fourth-order valence-electron chi connectivity index (χ4n) is 5.99. The van der Waals surface area contributed by atoms with Crippen LogP contribution in [0.4, 0.5) is 19.0 Å². The second kappa shape index (κ2) is 10.3. The van der Waals surface area contributed by atoms with Gasteiger partial charge in [0, 0.05) is 63.5 Å². The molecule has 1 saturated heterocycles. The van der Waals surface area contributed by atoms with Gasteiger partial charge < -0.3 is 14.2 Å². The Labute approximate surface area is 242 Å². The monoisotopic (exact) mass is 577 g/mol. The van der Waals surface area contributed by atoms with Crippen molar-refractivity contribution in [2.75, 3.05) is 25.1 Å². The minimum atomic E-state index is -4.50. The molecular weight excluding hydrogens is 545 g/mol. The van der Waals surface area contributed by atoms with Crippen molar-refractivity contribution < 1.29 is 19.3 Å². The van der Waals surface area contributed by atoms with Crippen molar-refractivity contribution in [2.24, 2.45) is 7.05 Å². The van der Waals surface area contributed by atoms with Gasteiger partial charge in [-0.15, -0.1) is 0 Å². The van der Waals surface area contributed by atoms with Crippen molar-refractivity contribution in [1.82, 2.24) is 34.4 Å². The molecule has 2 unspecified atom stereocenters. The van der Waals surface area contributed by atoms with E-state index >= 15 is 0 Å². The second-order valence-electron chi connectivity index (χ2n) is 11.2. The molecule has 4 aromatic rings. The molecular formula is C30H31F3N8O. The molecule has 9 nitrogen and oxygen atoms in total. The standard InChI is InChI=1S/C30H31F3N8O/c1-39-16-23(30(31,32)33)37-27(39)20-7-5-18(6-8-20)13-41-15-22-4-3-11-40(22)14-21-12-34-26(38-28(21)41)24-25(19-9-10-19)35-17-36-29(24)42-2/h5-8,12,16-17,19,22H,3-4,9-11,13-15H2,1-2H3/i14D. The molecule has 0 spiro atoms. The quantitative estimate of drug-likeness (QED) is 0.308. The van der Waals surface area contributed by atoms with E-state index < -0.39 is 18.4 Å². The van der Waals surface area contributed by atoms with E-state index in [0.29, 0.717) is 47.7 Å². The van der Waals surface area contributed by atoms with Gasteiger partial charge in [-0.2, -0.15) is 13.2 Å². The summed E-state index contributed by atoms with van der Waals surface area (Å²) in [6.45, 7) is 1.45. The molecule has 1 aliphatic carbocycles. The van der Waals surface area contributed by atoms with Gasteiger partial charge in [0.1, 0.15) is 23.5 Å². The van der Waals surface area contributed by atoms with E-state index in [2.05, 4.69) is 24.8 Å². The number of benzene rings is 1. The van der Waals surface area contributed by atoms with Crippen LogP contribution in [0.3, 0.4) is 0 Å². The molecule has 2 fully saturated rings. The van der Waals surface area contributed by atoms with Crippen molar-refractivity contribution >= 4 is 5.82 Å². The molecule has 0 amide bonds. The van der Waals surface area contributed by atoms with Crippen LogP contribution in [0, 0.1) is 0 Å². The van der Waals surface area contributed by atoms with Gasteiger partial charge in [0.15, 0.2) is 11.5 Å². The van der Waals surface area contributed by atoms with Gasteiger partial charge in [-0.1, -0.05) is 24.3 Å². The molecule has 0 N–H and O–H groups in total. The van der Waals surface area contributed by atoms with Crippen LogP contribution in [0.2, 0.25) is 0 Å². The Kier molecular flexibility index (Phi) is 6.31. The number of halogens is 3. The third-order valence-electron chi connectivity index (χ3n) is 8.23. The number of hydrogen-bond acceptors (Lipinski definition) is 8. The number of aromatic nitrogens is 6. The van der Waals surface area contributed by atoms with E-state index in [0.717, 1.165) is 55.2 Å². The molecule has 42 heavy (non-hydrogen) atoms. The van der Waals surface area contributed by atoms with Crippen molar-refractivity contribution in [2.45, 2.75) is 56.9 Å². The molecule has 2 atom stereocenters. The van der Waals surface area contributed by atoms with E-state index in [4.69, 9.17) is 16.1 Å². The van der Waals surface area contributed by atoms with Crippen LogP contribution in [0.5, 0.6) is 5.88 Å². The molecule has 1 aromatic carbocycles. The second-order valence-corrected chi connectivity index (χ2v) is 11.2. The Morgan fingerprint density at radius 2 is 1.88 bits per heavy atom. The number of methoxy groups -OCH3 is 1. The zero-order valence-electron chi connectivity index (χ0n) is 24.3. The number of fused-ring (bicyclic) bond motifs is 2. The zero-order chi connectivity index (χ0) is 29.9. The van der Waals surface area contributed by atoms with Crippen LogP contribution in [-0.4, -0.2) is 60.6 Å². The van der Waals surface area contributed by atoms with Gasteiger partial charge in [0.2, 0.25) is 5.88 Å². The van der Waals surface area contributed by atoms with Crippen LogP contribution < -0.4 is 9.64 Å². The zero-order valence-corrected chi connectivity index (χ0v) is 23.3. The van der Waals surface area contributed by atoms with Crippen molar-refractivity contribution in [3.05, 3.63) is 65.5 Å². The maximum atomic E-state index is 13.2. The molecule has 0 radical (unpaired) electrons. The molecule has 2 aliphatic heterocycles. The van der Waals surface area contributed by atoms with E-state index in [9.17, 15) is 13.2 Å². The highest BCUT2D eigenvalue weighted by molar-refractivity contribution is 5.68. The predicted octanol–water partition coefficient (Wildman–Crippen LogP) is 5.22. The van der Waals surface area contributed by atoms with Gasteiger partial charge in [0.05, 0.1) is 12.8 Å². The summed E-state index contributed by atoms with van der Waals surface area (Å²) in [5, 5.41) is 0. The van der Waals surface area contributed by atoms with Gasteiger partial charge in [-0.05, 0) is 37.8 Å². The summed E-state index contributed by atoms with van der Waals surface area (Å²) in [4.78, 5) is 26.9. The summed E-state index contributed by atoms with van der Waals surface area (Å²) in [7, 11) is 3.13. The highest BCUT2D eigenvalue weighted by atomic mass is 19.4. The summed E-state index contributed by atoms with van der Waals surface area (Å²) in [6.07, 6.45) is 3.88. The van der Waals surface area contributed by atoms with E-state index in [-0.39, 0.29) is 11.9 Å². The Bertz CT molecular complexity index is 1660. The molecule has 1 saturated carbocycles. The average Bonchev–Trinajstić information content (AvgIpc) is 3.64. The van der Waals surface area contributed by atoms with Gasteiger partial charge in [-0.3, -0.25) is 4.90 Å². The predicted molar refractivity (Wildman–Crippen MR) is 150 cm³/mol. The van der Waals surface area contributed by atoms with Crippen LogP contribution in [0.25, 0.3) is 22.8 Å². The van der Waals surface area contributed by atoms with Crippen LogP contribution in [0.15, 0.2) is 43.0 Å². The minimum absolute atomic E-state index is 0.199. The number of imidazole rings is 1. The van der Waals surface area contributed by atoms with Gasteiger partial charge >= 0.3 is 6.18 Å². The first-order valence-corrected chi connectivity index (χ1v) is 14.1. The first kappa shape index (κ1) is 25.6. The number of aryl methyl sites for hydroxylation is 1. The summed E-state index contributed by atoms with van der Waals surface area (Å²) >= 11 is 0. The Hall–Kier alpha value is -4.06. The normalized spacial score (nSPS) is 21.1. The molecule has 218 valence electrons. The molecule has 3 aliphatic rings. The van der Waals surface area contributed by atoms with Crippen molar-refractivity contribution in [3.8, 4) is 28.7 Å². The minimum Gasteiger partial charge on any atom is -0.480 e. The number of rotatable bonds is 6. The average molecular weight is 578 g/mol. The summed E-state index contributed by atoms with van der Waals surface area (Å²) in [5.74, 6) is 2.17. The summed E-state index contributed by atoms with van der Waals surface area (Å²) in [5.41, 5.74) is 2.96. The summed E-state index contributed by atoms with van der Waals surface area (Å²) in [6, 6.07) is 7.61. The largest absolute Gasteiger partial charge is 0.480 e. The van der Waals surface area contributed by atoms with Crippen LogP contribution in [-0.2, 0) is 26.3 Å². The van der Waals surface area contributed by atoms with E-state index in [1.165, 1.54) is 10.9 Å². The smallest absolute Gasteiger partial charge is 0.434 e. The summed E-state index contributed by atoms with van der Waals surface area (Å²) < 4.78 is 55.8. The molecule has 12 heteroatoms.